The summed E-state index contributed by atoms with van der Waals surface area (Å²) in [6.45, 7) is 1.18. The highest BCUT2D eigenvalue weighted by atomic mass is 16.4. The van der Waals surface area contributed by atoms with E-state index in [0.29, 0.717) is 11.4 Å². The Labute approximate surface area is 117 Å². The third-order valence-electron chi connectivity index (χ3n) is 2.33. The monoisotopic (exact) mass is 275 g/mol. The Balaban J connectivity index is 0.000000240. The van der Waals surface area contributed by atoms with Gasteiger partial charge in [-0.05, 0) is 31.2 Å². The lowest BCUT2D eigenvalue weighted by molar-refractivity contribution is -0.153. The van der Waals surface area contributed by atoms with Crippen LogP contribution in [0.1, 0.15) is 6.92 Å². The van der Waals surface area contributed by atoms with Gasteiger partial charge >= 0.3 is 5.97 Å². The number of para-hydroxylation sites is 2. The number of hydrogen-bond acceptors (Lipinski definition) is 4. The van der Waals surface area contributed by atoms with Crippen LogP contribution in [0.2, 0.25) is 0 Å². The molecule has 0 bridgehead atoms. The van der Waals surface area contributed by atoms with E-state index in [1.165, 1.54) is 6.92 Å². The number of hydrogen-bond donors (Lipinski definition) is 4. The molecule has 0 fully saturated rings. The van der Waals surface area contributed by atoms with Gasteiger partial charge in [0.15, 0.2) is 0 Å². The Morgan fingerprint density at radius 3 is 1.80 bits per heavy atom. The molecule has 0 aliphatic carbocycles. The van der Waals surface area contributed by atoms with Crippen molar-refractivity contribution in [1.29, 1.82) is 0 Å². The van der Waals surface area contributed by atoms with Crippen LogP contribution in [-0.4, -0.2) is 27.0 Å². The summed E-state index contributed by atoms with van der Waals surface area (Å²) in [6, 6.07) is 17.4. The zero-order valence-corrected chi connectivity index (χ0v) is 11.0. The first-order valence-corrected chi connectivity index (χ1v) is 5.95. The smallest absolute Gasteiger partial charge is 0.356 e. The average molecular weight is 275 g/mol. The van der Waals surface area contributed by atoms with Crippen LogP contribution >= 0.6 is 0 Å². The van der Waals surface area contributed by atoms with Crippen molar-refractivity contribution in [3.8, 4) is 5.75 Å². The minimum Gasteiger partial charge on any atom is -0.508 e. The third-order valence-corrected chi connectivity index (χ3v) is 2.33. The number of nitrogens with one attached hydrogen (secondary N) is 1. The maximum atomic E-state index is 10.5. The Bertz CT molecular complexity index is 526. The first-order chi connectivity index (χ1) is 9.42. The topological polar surface area (TPSA) is 89.8 Å². The van der Waals surface area contributed by atoms with Gasteiger partial charge in [0, 0.05) is 5.69 Å². The Morgan fingerprint density at radius 2 is 1.45 bits per heavy atom. The molecule has 0 aromatic heterocycles. The lowest BCUT2D eigenvalue weighted by atomic mass is 10.2. The van der Waals surface area contributed by atoms with E-state index in [-0.39, 0.29) is 0 Å². The molecule has 0 heterocycles. The number of phenolic OH excluding ortho intramolecular Hbond substituents is 1. The molecule has 5 nitrogen and oxygen atoms in total. The fraction of sp³-hybridized carbons (Fsp3) is 0.133. The molecule has 106 valence electrons. The van der Waals surface area contributed by atoms with Gasteiger partial charge in [0.25, 0.3) is 0 Å². The van der Waals surface area contributed by atoms with Gasteiger partial charge in [-0.25, -0.2) is 4.79 Å². The number of carboxylic acid groups (broad SMARTS) is 1. The number of rotatable bonds is 3. The van der Waals surface area contributed by atoms with E-state index in [2.05, 4.69) is 5.32 Å². The molecule has 0 amide bonds. The highest BCUT2D eigenvalue weighted by Crippen LogP contribution is 2.12. The Kier molecular flexibility index (Phi) is 5.56. The van der Waals surface area contributed by atoms with Crippen LogP contribution in [0.4, 0.5) is 5.69 Å². The zero-order chi connectivity index (χ0) is 15.0. The molecule has 0 spiro atoms. The zero-order valence-electron chi connectivity index (χ0n) is 11.0. The molecule has 2 rings (SSSR count). The van der Waals surface area contributed by atoms with Crippen LogP contribution < -0.4 is 5.32 Å². The van der Waals surface area contributed by atoms with E-state index < -0.39 is 11.7 Å². The molecule has 1 unspecified atom stereocenters. The second-order valence-corrected chi connectivity index (χ2v) is 4.20. The van der Waals surface area contributed by atoms with Gasteiger partial charge in [-0.2, -0.15) is 0 Å². The van der Waals surface area contributed by atoms with Crippen LogP contribution in [0.3, 0.4) is 0 Å². The van der Waals surface area contributed by atoms with Crippen molar-refractivity contribution in [2.75, 3.05) is 5.32 Å². The summed E-state index contributed by atoms with van der Waals surface area (Å²) in [7, 11) is 0. The van der Waals surface area contributed by atoms with Gasteiger partial charge < -0.3 is 20.6 Å². The summed E-state index contributed by atoms with van der Waals surface area (Å²) in [4.78, 5) is 10.5. The van der Waals surface area contributed by atoms with Crippen molar-refractivity contribution >= 4 is 11.7 Å². The minimum absolute atomic E-state index is 0.322. The van der Waals surface area contributed by atoms with Gasteiger partial charge in [0.05, 0.1) is 0 Å². The maximum absolute atomic E-state index is 10.5. The van der Waals surface area contributed by atoms with Gasteiger partial charge in [0.2, 0.25) is 5.72 Å². The summed E-state index contributed by atoms with van der Waals surface area (Å²) in [5.41, 5.74) is -1.36. The van der Waals surface area contributed by atoms with Crippen LogP contribution in [0.15, 0.2) is 60.7 Å². The molecule has 4 N–H and O–H groups in total. The Hall–Kier alpha value is -2.53. The number of anilines is 1. The molecular weight excluding hydrogens is 258 g/mol. The summed E-state index contributed by atoms with van der Waals surface area (Å²) in [6.07, 6.45) is 0. The molecule has 0 radical (unpaired) electrons. The fourth-order valence-corrected chi connectivity index (χ4v) is 1.28. The second-order valence-electron chi connectivity index (χ2n) is 4.20. The van der Waals surface area contributed by atoms with Crippen molar-refractivity contribution in [3.05, 3.63) is 60.7 Å². The van der Waals surface area contributed by atoms with Crippen LogP contribution in [0.25, 0.3) is 0 Å². The number of carboxylic acids is 1. The highest BCUT2D eigenvalue weighted by Gasteiger charge is 2.29. The third kappa shape index (κ3) is 5.41. The lowest BCUT2D eigenvalue weighted by Gasteiger charge is -2.20. The van der Waals surface area contributed by atoms with Crippen LogP contribution in [-0.2, 0) is 4.79 Å². The quantitative estimate of drug-likeness (QED) is 0.645. The Morgan fingerprint density at radius 1 is 1.00 bits per heavy atom. The predicted octanol–water partition coefficient (Wildman–Crippen LogP) is 2.28. The number of benzene rings is 2. The lowest BCUT2D eigenvalue weighted by Crippen LogP contribution is -2.42. The molecule has 2 aromatic carbocycles. The average Bonchev–Trinajstić information content (AvgIpc) is 2.41. The normalized spacial score (nSPS) is 12.5. The highest BCUT2D eigenvalue weighted by molar-refractivity contribution is 5.79. The van der Waals surface area contributed by atoms with Gasteiger partial charge in [-0.15, -0.1) is 0 Å². The molecule has 0 saturated heterocycles. The fourth-order valence-electron chi connectivity index (χ4n) is 1.28. The second kappa shape index (κ2) is 7.16. The predicted molar refractivity (Wildman–Crippen MR) is 76.4 cm³/mol. The number of phenols is 1. The van der Waals surface area contributed by atoms with E-state index in [1.807, 2.05) is 6.07 Å². The van der Waals surface area contributed by atoms with Crippen molar-refractivity contribution < 1.29 is 20.1 Å². The van der Waals surface area contributed by atoms with E-state index in [9.17, 15) is 9.90 Å². The van der Waals surface area contributed by atoms with Crippen molar-refractivity contribution in [3.63, 3.8) is 0 Å². The number of aromatic hydroxyl groups is 1. The molecule has 0 saturated carbocycles. The molecule has 0 aliphatic rings. The van der Waals surface area contributed by atoms with Crippen molar-refractivity contribution in [1.82, 2.24) is 0 Å². The van der Waals surface area contributed by atoms with Gasteiger partial charge in [-0.1, -0.05) is 36.4 Å². The van der Waals surface area contributed by atoms with Crippen molar-refractivity contribution in [2.45, 2.75) is 12.6 Å². The number of aliphatic hydroxyl groups is 1. The first-order valence-electron chi connectivity index (χ1n) is 5.95. The van der Waals surface area contributed by atoms with E-state index in [4.69, 9.17) is 10.2 Å². The summed E-state index contributed by atoms with van der Waals surface area (Å²) in [5.74, 6) is -0.987. The minimum atomic E-state index is -1.93. The van der Waals surface area contributed by atoms with Crippen LogP contribution in [0, 0.1) is 0 Å². The molecule has 1 atom stereocenters. The largest absolute Gasteiger partial charge is 0.508 e. The van der Waals surface area contributed by atoms with Crippen LogP contribution in [0.5, 0.6) is 5.75 Å². The van der Waals surface area contributed by atoms with Gasteiger partial charge in [-0.3, -0.25) is 0 Å². The summed E-state index contributed by atoms with van der Waals surface area (Å²) < 4.78 is 0. The molecule has 20 heavy (non-hydrogen) atoms. The van der Waals surface area contributed by atoms with E-state index in [1.54, 1.807) is 54.6 Å². The molecule has 2 aromatic rings. The standard InChI is InChI=1S/C9H11NO3.C6H6O/c1-9(13,8(11)12)10-7-5-3-2-4-6-7;7-6-4-2-1-3-5-6/h2-6,10,13H,1H3,(H,11,12);1-5,7H. The maximum Gasteiger partial charge on any atom is 0.356 e. The molecule has 0 aliphatic heterocycles. The summed E-state index contributed by atoms with van der Waals surface area (Å²) in [5, 5.41) is 29.0. The number of aliphatic carboxylic acids is 1. The molecular formula is C15H17NO4. The summed E-state index contributed by atoms with van der Waals surface area (Å²) >= 11 is 0. The van der Waals surface area contributed by atoms with Crippen molar-refractivity contribution in [2.24, 2.45) is 0 Å². The first kappa shape index (κ1) is 15.5. The molecule has 5 heteroatoms. The SMILES string of the molecule is CC(O)(Nc1ccccc1)C(=O)O.Oc1ccccc1. The van der Waals surface area contributed by atoms with E-state index in [0.717, 1.165) is 0 Å². The van der Waals surface area contributed by atoms with E-state index >= 15 is 0 Å². The number of carbonyl (C=O) groups is 1. The van der Waals surface area contributed by atoms with Gasteiger partial charge in [0.1, 0.15) is 5.75 Å².